The van der Waals surface area contributed by atoms with Crippen LogP contribution in [0.1, 0.15) is 53.9 Å². The molecule has 0 fully saturated rings. The molecular formula is C13H28N2O. The van der Waals surface area contributed by atoms with Gasteiger partial charge in [0.2, 0.25) is 5.91 Å². The number of nitrogens with two attached hydrogens (primary N) is 1. The Morgan fingerprint density at radius 2 is 1.94 bits per heavy atom. The van der Waals surface area contributed by atoms with Gasteiger partial charge in [-0.05, 0) is 31.2 Å². The molecule has 3 nitrogen and oxygen atoms in total. The number of hydrogen-bond acceptors (Lipinski definition) is 2. The lowest BCUT2D eigenvalue weighted by atomic mass is 9.81. The second-order valence-corrected chi connectivity index (χ2v) is 5.63. The third kappa shape index (κ3) is 5.50. The van der Waals surface area contributed by atoms with Crippen LogP contribution in [0, 0.1) is 11.3 Å². The molecule has 0 aliphatic carbocycles. The Morgan fingerprint density at radius 1 is 1.38 bits per heavy atom. The van der Waals surface area contributed by atoms with Crippen LogP contribution in [0.15, 0.2) is 0 Å². The highest BCUT2D eigenvalue weighted by atomic mass is 16.1. The molecule has 0 aromatic carbocycles. The van der Waals surface area contributed by atoms with Crippen LogP contribution in [0.5, 0.6) is 0 Å². The van der Waals surface area contributed by atoms with E-state index >= 15 is 0 Å². The minimum absolute atomic E-state index is 0.0240. The van der Waals surface area contributed by atoms with Crippen molar-refractivity contribution in [2.45, 2.75) is 59.9 Å². The fraction of sp³-hybridized carbons (Fsp3) is 0.923. The Bertz CT molecular complexity index is 208. The predicted molar refractivity (Wildman–Crippen MR) is 69.1 cm³/mol. The van der Waals surface area contributed by atoms with Crippen molar-refractivity contribution in [1.29, 1.82) is 0 Å². The van der Waals surface area contributed by atoms with Gasteiger partial charge in [0.1, 0.15) is 0 Å². The van der Waals surface area contributed by atoms with E-state index in [0.29, 0.717) is 6.54 Å². The molecule has 0 aromatic heterocycles. The summed E-state index contributed by atoms with van der Waals surface area (Å²) in [6.07, 6.45) is 2.93. The third-order valence-corrected chi connectivity index (χ3v) is 3.29. The van der Waals surface area contributed by atoms with Crippen molar-refractivity contribution in [2.24, 2.45) is 17.1 Å². The first-order chi connectivity index (χ1) is 7.32. The number of amides is 1. The van der Waals surface area contributed by atoms with Crippen LogP contribution in [0.2, 0.25) is 0 Å². The maximum Gasteiger partial charge on any atom is 0.223 e. The zero-order valence-corrected chi connectivity index (χ0v) is 11.5. The van der Waals surface area contributed by atoms with Crippen LogP contribution in [0.25, 0.3) is 0 Å². The molecule has 96 valence electrons. The van der Waals surface area contributed by atoms with E-state index in [-0.39, 0.29) is 23.3 Å². The second-order valence-electron chi connectivity index (χ2n) is 5.63. The maximum atomic E-state index is 12.0. The smallest absolute Gasteiger partial charge is 0.223 e. The van der Waals surface area contributed by atoms with E-state index < -0.39 is 0 Å². The summed E-state index contributed by atoms with van der Waals surface area (Å²) < 4.78 is 0. The third-order valence-electron chi connectivity index (χ3n) is 3.29. The van der Waals surface area contributed by atoms with Crippen LogP contribution in [0.3, 0.4) is 0 Å². The predicted octanol–water partition coefficient (Wildman–Crippen LogP) is 2.30. The number of hydrogen-bond donors (Lipinski definition) is 2. The summed E-state index contributed by atoms with van der Waals surface area (Å²) in [6.45, 7) is 11.1. The fourth-order valence-electron chi connectivity index (χ4n) is 1.46. The largest absolute Gasteiger partial charge is 0.353 e. The van der Waals surface area contributed by atoms with Gasteiger partial charge in [-0.15, -0.1) is 0 Å². The van der Waals surface area contributed by atoms with Crippen molar-refractivity contribution in [2.75, 3.05) is 6.54 Å². The van der Waals surface area contributed by atoms with E-state index in [1.54, 1.807) is 0 Å². The van der Waals surface area contributed by atoms with Gasteiger partial charge in [-0.25, -0.2) is 0 Å². The van der Waals surface area contributed by atoms with Gasteiger partial charge in [0, 0.05) is 12.0 Å². The lowest BCUT2D eigenvalue weighted by molar-refractivity contribution is -0.128. The highest BCUT2D eigenvalue weighted by molar-refractivity contribution is 5.79. The van der Waals surface area contributed by atoms with E-state index in [4.69, 9.17) is 5.73 Å². The van der Waals surface area contributed by atoms with Gasteiger partial charge in [-0.2, -0.15) is 0 Å². The molecule has 3 N–H and O–H groups in total. The average molecular weight is 228 g/mol. The van der Waals surface area contributed by atoms with Crippen LogP contribution >= 0.6 is 0 Å². The Balaban J connectivity index is 4.19. The summed E-state index contributed by atoms with van der Waals surface area (Å²) in [4.78, 5) is 12.0. The lowest BCUT2D eigenvalue weighted by Gasteiger charge is -2.28. The Kier molecular flexibility index (Phi) is 6.65. The first-order valence-corrected chi connectivity index (χ1v) is 6.33. The molecular weight excluding hydrogens is 200 g/mol. The van der Waals surface area contributed by atoms with Crippen molar-refractivity contribution in [1.82, 2.24) is 5.32 Å². The van der Waals surface area contributed by atoms with E-state index in [1.165, 1.54) is 0 Å². The molecule has 1 amide bonds. The molecule has 0 bridgehead atoms. The molecule has 0 heterocycles. The van der Waals surface area contributed by atoms with Crippen molar-refractivity contribution >= 4 is 5.91 Å². The van der Waals surface area contributed by atoms with Gasteiger partial charge in [-0.1, -0.05) is 34.6 Å². The summed E-state index contributed by atoms with van der Waals surface area (Å²) in [5.41, 5.74) is 5.50. The Hall–Kier alpha value is -0.570. The highest BCUT2D eigenvalue weighted by Crippen LogP contribution is 2.25. The van der Waals surface area contributed by atoms with E-state index in [1.807, 2.05) is 6.92 Å². The number of carbonyl (C=O) groups excluding carboxylic acids is 1. The zero-order valence-electron chi connectivity index (χ0n) is 11.5. The highest BCUT2D eigenvalue weighted by Gasteiger charge is 2.27. The minimum atomic E-state index is 0.0240. The molecule has 0 aliphatic heterocycles. The summed E-state index contributed by atoms with van der Waals surface area (Å²) >= 11 is 0. The zero-order chi connectivity index (χ0) is 12.8. The summed E-state index contributed by atoms with van der Waals surface area (Å²) in [5.74, 6) is 0.204. The lowest BCUT2D eigenvalue weighted by Crippen LogP contribution is -2.41. The summed E-state index contributed by atoms with van der Waals surface area (Å²) in [5, 5.41) is 3.11. The summed E-state index contributed by atoms with van der Waals surface area (Å²) in [7, 11) is 0. The standard InChI is InChI=1S/C13H28N2O/c1-6-11(8-7-9-14)15-12(16)10(2)13(3,4)5/h10-11H,6-9,14H2,1-5H3,(H,15,16)/t10-,11-/m1/s1. The summed E-state index contributed by atoms with van der Waals surface area (Å²) in [6, 6.07) is 0.279. The van der Waals surface area contributed by atoms with Crippen molar-refractivity contribution in [3.8, 4) is 0 Å². The Morgan fingerprint density at radius 3 is 2.31 bits per heavy atom. The molecule has 3 heteroatoms. The monoisotopic (exact) mass is 228 g/mol. The molecule has 0 aromatic rings. The molecule has 16 heavy (non-hydrogen) atoms. The van der Waals surface area contributed by atoms with Gasteiger partial charge in [0.05, 0.1) is 0 Å². The molecule has 0 saturated heterocycles. The van der Waals surface area contributed by atoms with Gasteiger partial charge >= 0.3 is 0 Å². The van der Waals surface area contributed by atoms with Crippen LogP contribution in [-0.4, -0.2) is 18.5 Å². The average Bonchev–Trinajstić information content (AvgIpc) is 2.21. The van der Waals surface area contributed by atoms with Crippen LogP contribution in [-0.2, 0) is 4.79 Å². The molecule has 0 aliphatic rings. The molecule has 0 radical (unpaired) electrons. The topological polar surface area (TPSA) is 55.1 Å². The normalized spacial score (nSPS) is 15.6. The van der Waals surface area contributed by atoms with Gasteiger partial charge in [0.25, 0.3) is 0 Å². The first-order valence-electron chi connectivity index (χ1n) is 6.33. The molecule has 0 unspecified atom stereocenters. The SMILES string of the molecule is CC[C@H](CCCN)NC(=O)[C@@H](C)C(C)(C)C. The molecule has 0 rings (SSSR count). The quantitative estimate of drug-likeness (QED) is 0.733. The van der Waals surface area contributed by atoms with E-state index in [0.717, 1.165) is 19.3 Å². The van der Waals surface area contributed by atoms with E-state index in [2.05, 4.69) is 33.0 Å². The Labute approximate surface area is 100 Å². The van der Waals surface area contributed by atoms with Gasteiger partial charge < -0.3 is 11.1 Å². The number of nitrogens with one attached hydrogen (secondary N) is 1. The van der Waals surface area contributed by atoms with Crippen LogP contribution in [0.4, 0.5) is 0 Å². The van der Waals surface area contributed by atoms with Gasteiger partial charge in [-0.3, -0.25) is 4.79 Å². The minimum Gasteiger partial charge on any atom is -0.353 e. The number of carbonyl (C=O) groups is 1. The van der Waals surface area contributed by atoms with Crippen LogP contribution < -0.4 is 11.1 Å². The second kappa shape index (κ2) is 6.89. The number of rotatable bonds is 6. The van der Waals surface area contributed by atoms with Gasteiger partial charge in [0.15, 0.2) is 0 Å². The molecule has 0 spiro atoms. The maximum absolute atomic E-state index is 12.0. The van der Waals surface area contributed by atoms with Crippen molar-refractivity contribution in [3.05, 3.63) is 0 Å². The van der Waals surface area contributed by atoms with Crippen molar-refractivity contribution in [3.63, 3.8) is 0 Å². The first kappa shape index (κ1) is 15.4. The molecule has 2 atom stereocenters. The van der Waals surface area contributed by atoms with E-state index in [9.17, 15) is 4.79 Å². The fourth-order valence-corrected chi connectivity index (χ4v) is 1.46. The molecule has 0 saturated carbocycles. The van der Waals surface area contributed by atoms with Crippen molar-refractivity contribution < 1.29 is 4.79 Å².